The summed E-state index contributed by atoms with van der Waals surface area (Å²) in [7, 11) is 0. The van der Waals surface area contributed by atoms with Gasteiger partial charge in [0.1, 0.15) is 0 Å². The molecule has 30 heavy (non-hydrogen) atoms. The highest BCUT2D eigenvalue weighted by Gasteiger charge is 2.16. The molecule has 1 heterocycles. The maximum atomic E-state index is 4.74. The van der Waals surface area contributed by atoms with E-state index in [9.17, 15) is 0 Å². The summed E-state index contributed by atoms with van der Waals surface area (Å²) in [5.74, 6) is 0. The summed E-state index contributed by atoms with van der Waals surface area (Å²) in [5, 5.41) is 4.74. The molecule has 0 atom stereocenters. The van der Waals surface area contributed by atoms with Crippen LogP contribution < -0.4 is 5.43 Å². The van der Waals surface area contributed by atoms with Crippen LogP contribution in [0.25, 0.3) is 11.1 Å². The molecule has 2 nitrogen and oxygen atoms in total. The van der Waals surface area contributed by atoms with Gasteiger partial charge in [-0.05, 0) is 65.0 Å². The van der Waals surface area contributed by atoms with Gasteiger partial charge in [-0.3, -0.25) is 5.43 Å². The number of nitrogens with one attached hydrogen (secondary N) is 1. The third kappa shape index (κ3) is 6.06. The average Bonchev–Trinajstić information content (AvgIpc) is 2.89. The lowest BCUT2D eigenvalue weighted by Crippen LogP contribution is -2.02. The zero-order chi connectivity index (χ0) is 21.3. The normalized spacial score (nSPS) is 13.5. The molecule has 1 N–H and O–H groups in total. The molecule has 0 saturated carbocycles. The fourth-order valence-electron chi connectivity index (χ4n) is 3.74. The fourth-order valence-corrected chi connectivity index (χ4v) is 3.74. The molecular weight excluding hydrogens is 364 g/mol. The van der Waals surface area contributed by atoms with E-state index in [-0.39, 0.29) is 0 Å². The Hall–Kier alpha value is -2.87. The topological polar surface area (TPSA) is 24.4 Å². The Morgan fingerprint density at radius 1 is 0.733 bits per heavy atom. The Morgan fingerprint density at radius 2 is 1.33 bits per heavy atom. The van der Waals surface area contributed by atoms with Gasteiger partial charge in [0.25, 0.3) is 0 Å². The van der Waals surface area contributed by atoms with E-state index in [2.05, 4.69) is 93.8 Å². The maximum absolute atomic E-state index is 4.74. The van der Waals surface area contributed by atoms with E-state index in [0.717, 1.165) is 43.5 Å². The van der Waals surface area contributed by atoms with Crippen LogP contribution in [0.2, 0.25) is 0 Å². The largest absolute Gasteiger partial charge is 0.278 e. The number of benzene rings is 2. The van der Waals surface area contributed by atoms with Crippen molar-refractivity contribution in [3.05, 3.63) is 89.0 Å². The standard InChI is InChI=1S/C28H34N2/c1-21(2)11-9-12-22(3)13-10-14-23(4)19-20-28-26-16-6-5-15-24(26)25-17-7-8-18-27(25)29-30-28/h5-8,11,13,15-19,29H,9-10,12,14,20H2,1-4H3. The number of hydrazone groups is 1. The van der Waals surface area contributed by atoms with E-state index >= 15 is 0 Å². The molecule has 0 bridgehead atoms. The summed E-state index contributed by atoms with van der Waals surface area (Å²) in [5.41, 5.74) is 13.4. The summed E-state index contributed by atoms with van der Waals surface area (Å²) in [4.78, 5) is 0. The van der Waals surface area contributed by atoms with Gasteiger partial charge in [0.05, 0.1) is 11.4 Å². The van der Waals surface area contributed by atoms with E-state index in [0.29, 0.717) is 0 Å². The minimum Gasteiger partial charge on any atom is -0.278 e. The van der Waals surface area contributed by atoms with Crippen molar-refractivity contribution in [2.45, 2.75) is 59.8 Å². The van der Waals surface area contributed by atoms with Crippen molar-refractivity contribution in [2.75, 3.05) is 5.43 Å². The van der Waals surface area contributed by atoms with E-state index in [1.54, 1.807) is 0 Å². The SMILES string of the molecule is CC(C)=CCCC(C)=CCCC(C)=CCC1=NNc2ccccc2-c2ccccc21. The minimum atomic E-state index is 0.840. The molecule has 3 rings (SSSR count). The number of fused-ring (bicyclic) bond motifs is 3. The lowest BCUT2D eigenvalue weighted by atomic mass is 9.94. The lowest BCUT2D eigenvalue weighted by molar-refractivity contribution is 0.916. The van der Waals surface area contributed by atoms with E-state index in [1.807, 2.05) is 6.07 Å². The van der Waals surface area contributed by atoms with Crippen LogP contribution in [-0.2, 0) is 0 Å². The summed E-state index contributed by atoms with van der Waals surface area (Å²) < 4.78 is 0. The number of rotatable bonds is 8. The summed E-state index contributed by atoms with van der Waals surface area (Å²) in [6.45, 7) is 8.81. The fraction of sp³-hybridized carbons (Fsp3) is 0.321. The van der Waals surface area contributed by atoms with Crippen molar-refractivity contribution in [1.29, 1.82) is 0 Å². The molecular formula is C28H34N2. The quantitative estimate of drug-likeness (QED) is 0.444. The Balaban J connectivity index is 1.63. The Bertz CT molecular complexity index is 985. The maximum Gasteiger partial charge on any atom is 0.0723 e. The van der Waals surface area contributed by atoms with E-state index in [4.69, 9.17) is 5.10 Å². The highest BCUT2D eigenvalue weighted by molar-refractivity contribution is 6.09. The predicted molar refractivity (Wildman–Crippen MR) is 132 cm³/mol. The van der Waals surface area contributed by atoms with Crippen LogP contribution in [-0.4, -0.2) is 5.71 Å². The summed E-state index contributed by atoms with van der Waals surface area (Å²) >= 11 is 0. The second-order valence-corrected chi connectivity index (χ2v) is 8.43. The third-order valence-corrected chi connectivity index (χ3v) is 5.53. The first kappa shape index (κ1) is 21.8. The smallest absolute Gasteiger partial charge is 0.0723 e. The molecule has 0 radical (unpaired) electrons. The van der Waals surface area contributed by atoms with Gasteiger partial charge in [0.2, 0.25) is 0 Å². The first-order valence-electron chi connectivity index (χ1n) is 11.0. The van der Waals surface area contributed by atoms with Crippen molar-refractivity contribution in [3.63, 3.8) is 0 Å². The number of hydrogen-bond acceptors (Lipinski definition) is 2. The van der Waals surface area contributed by atoms with E-state index < -0.39 is 0 Å². The Kier molecular flexibility index (Phi) is 7.84. The first-order chi connectivity index (χ1) is 14.5. The molecule has 0 aliphatic carbocycles. The molecule has 0 saturated heterocycles. The highest BCUT2D eigenvalue weighted by Crippen LogP contribution is 2.33. The zero-order valence-electron chi connectivity index (χ0n) is 18.8. The molecule has 2 aromatic rings. The number of anilines is 1. The first-order valence-corrected chi connectivity index (χ1v) is 11.0. The predicted octanol–water partition coefficient (Wildman–Crippen LogP) is 8.29. The van der Waals surface area contributed by atoms with Gasteiger partial charge in [-0.25, -0.2) is 0 Å². The van der Waals surface area contributed by atoms with Gasteiger partial charge < -0.3 is 0 Å². The number of nitrogens with zero attached hydrogens (tertiary/aromatic N) is 1. The molecule has 0 unspecified atom stereocenters. The van der Waals surface area contributed by atoms with Crippen LogP contribution in [0, 0.1) is 0 Å². The minimum absolute atomic E-state index is 0.840. The van der Waals surface area contributed by atoms with Gasteiger partial charge in [-0.1, -0.05) is 77.4 Å². The summed E-state index contributed by atoms with van der Waals surface area (Å²) in [6, 6.07) is 17.0. The van der Waals surface area contributed by atoms with Crippen molar-refractivity contribution in [1.82, 2.24) is 0 Å². The van der Waals surface area contributed by atoms with Crippen LogP contribution in [0.15, 0.2) is 88.6 Å². The van der Waals surface area contributed by atoms with E-state index in [1.165, 1.54) is 33.4 Å². The van der Waals surface area contributed by atoms with Gasteiger partial charge in [-0.15, -0.1) is 0 Å². The molecule has 0 spiro atoms. The molecule has 1 aliphatic rings. The average molecular weight is 399 g/mol. The molecule has 156 valence electrons. The molecule has 2 aromatic carbocycles. The van der Waals surface area contributed by atoms with Crippen LogP contribution in [0.4, 0.5) is 5.69 Å². The van der Waals surface area contributed by atoms with Crippen molar-refractivity contribution >= 4 is 11.4 Å². The van der Waals surface area contributed by atoms with Crippen LogP contribution in [0.1, 0.15) is 65.4 Å². The molecule has 2 heteroatoms. The number of allylic oxidation sites excluding steroid dienone is 6. The third-order valence-electron chi connectivity index (χ3n) is 5.53. The number of hydrogen-bond donors (Lipinski definition) is 1. The van der Waals surface area contributed by atoms with Gasteiger partial charge in [0.15, 0.2) is 0 Å². The second kappa shape index (κ2) is 10.8. The van der Waals surface area contributed by atoms with Gasteiger partial charge in [-0.2, -0.15) is 5.10 Å². The lowest BCUT2D eigenvalue weighted by Gasteiger charge is -2.09. The van der Waals surface area contributed by atoms with Crippen molar-refractivity contribution in [3.8, 4) is 11.1 Å². The van der Waals surface area contributed by atoms with Crippen LogP contribution >= 0.6 is 0 Å². The second-order valence-electron chi connectivity index (χ2n) is 8.43. The molecule has 0 aromatic heterocycles. The van der Waals surface area contributed by atoms with Crippen molar-refractivity contribution in [2.24, 2.45) is 5.10 Å². The number of para-hydroxylation sites is 1. The summed E-state index contributed by atoms with van der Waals surface area (Å²) in [6.07, 6.45) is 12.4. The molecule has 0 fully saturated rings. The van der Waals surface area contributed by atoms with Crippen LogP contribution in [0.5, 0.6) is 0 Å². The highest BCUT2D eigenvalue weighted by atomic mass is 15.3. The Morgan fingerprint density at radius 3 is 2.07 bits per heavy atom. The molecule has 1 aliphatic heterocycles. The van der Waals surface area contributed by atoms with Crippen LogP contribution in [0.3, 0.4) is 0 Å². The Labute approximate surface area is 182 Å². The zero-order valence-corrected chi connectivity index (χ0v) is 18.8. The molecule has 0 amide bonds. The van der Waals surface area contributed by atoms with Gasteiger partial charge >= 0.3 is 0 Å². The van der Waals surface area contributed by atoms with Gasteiger partial charge in [0, 0.05) is 17.5 Å². The van der Waals surface area contributed by atoms with Crippen molar-refractivity contribution < 1.29 is 0 Å². The monoisotopic (exact) mass is 398 g/mol.